The predicted molar refractivity (Wildman–Crippen MR) is 72.4 cm³/mol. The smallest absolute Gasteiger partial charge is 0.251 e. The average Bonchev–Trinajstić information content (AvgIpc) is 2.38. The molecule has 0 aliphatic rings. The molecule has 19 heavy (non-hydrogen) atoms. The third-order valence-corrected chi connectivity index (χ3v) is 2.84. The maximum atomic E-state index is 12.7. The molecule has 0 spiro atoms. The molecule has 5 heteroatoms. The Kier molecular flexibility index (Phi) is 4.06. The Labute approximate surface area is 111 Å². The summed E-state index contributed by atoms with van der Waals surface area (Å²) in [4.78, 5) is 17.5. The lowest BCUT2D eigenvalue weighted by Gasteiger charge is -2.11. The molecule has 2 aromatic rings. The molecular weight excluding hydrogens is 245 g/mol. The van der Waals surface area contributed by atoms with Gasteiger partial charge in [0.05, 0.1) is 0 Å². The standard InChI is InChI=1S/C14H16FN3O/c1-17(2)7-8-18-6-5-11(9-14(18)19)12-3-4-13(15)16-10-12/h3-6,9-10H,7-8H2,1-2H3. The molecule has 0 aromatic carbocycles. The Bertz CT molecular complexity index is 605. The van der Waals surface area contributed by atoms with Crippen LogP contribution in [0.25, 0.3) is 11.1 Å². The molecule has 0 saturated heterocycles. The van der Waals surface area contributed by atoms with Crippen LogP contribution in [0.5, 0.6) is 0 Å². The van der Waals surface area contributed by atoms with E-state index in [1.165, 1.54) is 12.3 Å². The normalized spacial score (nSPS) is 10.9. The van der Waals surface area contributed by atoms with Gasteiger partial charge in [-0.15, -0.1) is 0 Å². The van der Waals surface area contributed by atoms with Crippen molar-refractivity contribution in [3.63, 3.8) is 0 Å². The highest BCUT2D eigenvalue weighted by molar-refractivity contribution is 5.61. The molecule has 0 aliphatic carbocycles. The van der Waals surface area contributed by atoms with Crippen LogP contribution in [-0.2, 0) is 6.54 Å². The molecule has 0 aliphatic heterocycles. The third-order valence-electron chi connectivity index (χ3n) is 2.84. The van der Waals surface area contributed by atoms with Crippen molar-refractivity contribution < 1.29 is 4.39 Å². The molecule has 0 N–H and O–H groups in total. The maximum absolute atomic E-state index is 12.7. The zero-order valence-corrected chi connectivity index (χ0v) is 11.0. The van der Waals surface area contributed by atoms with Crippen molar-refractivity contribution >= 4 is 0 Å². The SMILES string of the molecule is CN(C)CCn1ccc(-c2ccc(F)nc2)cc1=O. The fourth-order valence-corrected chi connectivity index (χ4v) is 1.73. The van der Waals surface area contributed by atoms with Crippen LogP contribution in [0.3, 0.4) is 0 Å². The van der Waals surface area contributed by atoms with Crippen molar-refractivity contribution in [2.24, 2.45) is 0 Å². The van der Waals surface area contributed by atoms with Gasteiger partial charge in [0.15, 0.2) is 0 Å². The second-order valence-corrected chi connectivity index (χ2v) is 4.62. The molecule has 0 saturated carbocycles. The van der Waals surface area contributed by atoms with E-state index in [-0.39, 0.29) is 5.56 Å². The van der Waals surface area contributed by atoms with Gasteiger partial charge in [-0.2, -0.15) is 4.39 Å². The minimum absolute atomic E-state index is 0.0660. The second kappa shape index (κ2) is 5.75. The lowest BCUT2D eigenvalue weighted by atomic mass is 10.1. The molecule has 4 nitrogen and oxygen atoms in total. The van der Waals surface area contributed by atoms with Crippen molar-refractivity contribution in [2.75, 3.05) is 20.6 Å². The molecule has 0 amide bonds. The number of hydrogen-bond acceptors (Lipinski definition) is 3. The minimum atomic E-state index is -0.525. The molecule has 2 heterocycles. The quantitative estimate of drug-likeness (QED) is 0.785. The number of nitrogens with zero attached hydrogens (tertiary/aromatic N) is 3. The first-order valence-corrected chi connectivity index (χ1v) is 6.03. The topological polar surface area (TPSA) is 38.1 Å². The molecule has 0 unspecified atom stereocenters. The summed E-state index contributed by atoms with van der Waals surface area (Å²) in [6.07, 6.45) is 3.18. The van der Waals surface area contributed by atoms with E-state index in [2.05, 4.69) is 4.98 Å². The summed E-state index contributed by atoms with van der Waals surface area (Å²) in [7, 11) is 3.92. The van der Waals surface area contributed by atoms with Crippen molar-refractivity contribution in [3.05, 3.63) is 53.0 Å². The van der Waals surface area contributed by atoms with Gasteiger partial charge in [-0.05, 0) is 37.9 Å². The van der Waals surface area contributed by atoms with E-state index in [9.17, 15) is 9.18 Å². The molecule has 2 aromatic heterocycles. The van der Waals surface area contributed by atoms with Gasteiger partial charge in [-0.1, -0.05) is 0 Å². The first kappa shape index (κ1) is 13.4. The molecule has 0 bridgehead atoms. The first-order chi connectivity index (χ1) is 9.06. The van der Waals surface area contributed by atoms with E-state index < -0.39 is 5.95 Å². The fraction of sp³-hybridized carbons (Fsp3) is 0.286. The number of aromatic nitrogens is 2. The van der Waals surface area contributed by atoms with E-state index in [4.69, 9.17) is 0 Å². The average molecular weight is 261 g/mol. The Hall–Kier alpha value is -2.01. The second-order valence-electron chi connectivity index (χ2n) is 4.62. The van der Waals surface area contributed by atoms with Gasteiger partial charge in [0.25, 0.3) is 5.56 Å². The first-order valence-electron chi connectivity index (χ1n) is 6.03. The zero-order chi connectivity index (χ0) is 13.8. The van der Waals surface area contributed by atoms with Crippen molar-refractivity contribution in [3.8, 4) is 11.1 Å². The summed E-state index contributed by atoms with van der Waals surface area (Å²) in [6, 6.07) is 6.28. The lowest BCUT2D eigenvalue weighted by Crippen LogP contribution is -2.25. The van der Waals surface area contributed by atoms with Crippen LogP contribution < -0.4 is 5.56 Å². The third kappa shape index (κ3) is 3.48. The van der Waals surface area contributed by atoms with Crippen molar-refractivity contribution in [1.29, 1.82) is 0 Å². The van der Waals surface area contributed by atoms with Gasteiger partial charge in [-0.25, -0.2) is 4.98 Å². The highest BCUT2D eigenvalue weighted by Crippen LogP contribution is 2.15. The summed E-state index contributed by atoms with van der Waals surface area (Å²) in [5.41, 5.74) is 1.42. The van der Waals surface area contributed by atoms with Crippen LogP contribution in [0.1, 0.15) is 0 Å². The number of halogens is 1. The molecule has 100 valence electrons. The van der Waals surface area contributed by atoms with Crippen molar-refractivity contribution in [1.82, 2.24) is 14.5 Å². The van der Waals surface area contributed by atoms with Crippen LogP contribution in [0.2, 0.25) is 0 Å². The number of rotatable bonds is 4. The van der Waals surface area contributed by atoms with Crippen LogP contribution in [0.4, 0.5) is 4.39 Å². The molecule has 0 radical (unpaired) electrons. The summed E-state index contributed by atoms with van der Waals surface area (Å²) in [6.45, 7) is 1.45. The van der Waals surface area contributed by atoms with Crippen LogP contribution in [-0.4, -0.2) is 35.1 Å². The summed E-state index contributed by atoms with van der Waals surface area (Å²) in [5.74, 6) is -0.525. The molecule has 0 atom stereocenters. The van der Waals surface area contributed by atoms with Crippen LogP contribution in [0.15, 0.2) is 41.5 Å². The zero-order valence-electron chi connectivity index (χ0n) is 11.0. The Balaban J connectivity index is 2.23. The monoisotopic (exact) mass is 261 g/mol. The number of likely N-dealkylation sites (N-methyl/N-ethyl adjacent to an activating group) is 1. The van der Waals surface area contributed by atoms with E-state index in [1.54, 1.807) is 22.9 Å². The maximum Gasteiger partial charge on any atom is 0.251 e. The lowest BCUT2D eigenvalue weighted by molar-refractivity contribution is 0.381. The Morgan fingerprint density at radius 3 is 2.63 bits per heavy atom. The number of hydrogen-bond donors (Lipinski definition) is 0. The van der Waals surface area contributed by atoms with E-state index in [0.29, 0.717) is 6.54 Å². The van der Waals surface area contributed by atoms with Crippen LogP contribution >= 0.6 is 0 Å². The predicted octanol–water partition coefficient (Wildman–Crippen LogP) is 1.61. The Morgan fingerprint density at radius 2 is 2.05 bits per heavy atom. The summed E-state index contributed by atoms with van der Waals surface area (Å²) in [5, 5.41) is 0. The minimum Gasteiger partial charge on any atom is -0.314 e. The van der Waals surface area contributed by atoms with Gasteiger partial charge < -0.3 is 9.47 Å². The van der Waals surface area contributed by atoms with Gasteiger partial charge >= 0.3 is 0 Å². The van der Waals surface area contributed by atoms with Gasteiger partial charge in [0.1, 0.15) is 0 Å². The van der Waals surface area contributed by atoms with Crippen molar-refractivity contribution in [2.45, 2.75) is 6.54 Å². The van der Waals surface area contributed by atoms with E-state index in [1.807, 2.05) is 25.1 Å². The van der Waals surface area contributed by atoms with Gasteiger partial charge in [0.2, 0.25) is 5.95 Å². The number of pyridine rings is 2. The summed E-state index contributed by atoms with van der Waals surface area (Å²) < 4.78 is 14.4. The Morgan fingerprint density at radius 1 is 1.26 bits per heavy atom. The molecular formula is C14H16FN3O. The highest BCUT2D eigenvalue weighted by atomic mass is 19.1. The van der Waals surface area contributed by atoms with Gasteiger partial charge in [-0.3, -0.25) is 4.79 Å². The van der Waals surface area contributed by atoms with E-state index in [0.717, 1.165) is 17.7 Å². The molecule has 0 fully saturated rings. The van der Waals surface area contributed by atoms with Crippen LogP contribution in [0, 0.1) is 5.95 Å². The largest absolute Gasteiger partial charge is 0.314 e. The van der Waals surface area contributed by atoms with Gasteiger partial charge in [0, 0.05) is 37.1 Å². The highest BCUT2D eigenvalue weighted by Gasteiger charge is 2.02. The fourth-order valence-electron chi connectivity index (χ4n) is 1.73. The molecule has 2 rings (SSSR count). The van der Waals surface area contributed by atoms with E-state index >= 15 is 0 Å². The summed E-state index contributed by atoms with van der Waals surface area (Å²) >= 11 is 0.